The van der Waals surface area contributed by atoms with Crippen LogP contribution in [0.25, 0.3) is 10.2 Å². The molecule has 0 saturated carbocycles. The summed E-state index contributed by atoms with van der Waals surface area (Å²) in [6, 6.07) is 13.6. The molecule has 0 atom stereocenters. The van der Waals surface area contributed by atoms with E-state index >= 15 is 0 Å². The van der Waals surface area contributed by atoms with E-state index in [0.717, 1.165) is 20.8 Å². The standard InChI is InChI=1S/C20H23N3O3S/c1-23(13-19-22-15-6-4-5-7-18(15)27-19)20(24)21-11-10-14-8-9-16(25-2)17(12-14)26-3/h4-9,12H,10-11,13H2,1-3H3,(H,21,24). The van der Waals surface area contributed by atoms with Crippen LogP contribution in [0.4, 0.5) is 4.79 Å². The van der Waals surface area contributed by atoms with E-state index in [9.17, 15) is 4.79 Å². The summed E-state index contributed by atoms with van der Waals surface area (Å²) in [7, 11) is 5.00. The predicted molar refractivity (Wildman–Crippen MR) is 108 cm³/mol. The van der Waals surface area contributed by atoms with Gasteiger partial charge in [0.05, 0.1) is 31.0 Å². The molecule has 0 aliphatic heterocycles. The lowest BCUT2D eigenvalue weighted by atomic mass is 10.1. The topological polar surface area (TPSA) is 63.7 Å². The molecule has 0 fully saturated rings. The first-order chi connectivity index (χ1) is 13.1. The average Bonchev–Trinajstić information content (AvgIpc) is 3.09. The van der Waals surface area contributed by atoms with E-state index in [2.05, 4.69) is 10.3 Å². The van der Waals surface area contributed by atoms with Crippen molar-refractivity contribution in [2.45, 2.75) is 13.0 Å². The van der Waals surface area contributed by atoms with Crippen molar-refractivity contribution in [3.05, 3.63) is 53.0 Å². The Bertz CT molecular complexity index is 893. The quantitative estimate of drug-likeness (QED) is 0.674. The molecule has 2 amide bonds. The Morgan fingerprint density at radius 1 is 1.15 bits per heavy atom. The summed E-state index contributed by atoms with van der Waals surface area (Å²) in [6.07, 6.45) is 0.709. The Labute approximate surface area is 162 Å². The van der Waals surface area contributed by atoms with Gasteiger partial charge in [-0.3, -0.25) is 0 Å². The van der Waals surface area contributed by atoms with Crippen LogP contribution in [0.5, 0.6) is 11.5 Å². The van der Waals surface area contributed by atoms with Gasteiger partial charge in [0, 0.05) is 13.6 Å². The van der Waals surface area contributed by atoms with Gasteiger partial charge in [0.2, 0.25) is 0 Å². The zero-order valence-electron chi connectivity index (χ0n) is 15.7. The fraction of sp³-hybridized carbons (Fsp3) is 0.300. The van der Waals surface area contributed by atoms with Gasteiger partial charge in [-0.25, -0.2) is 9.78 Å². The molecule has 0 aliphatic rings. The zero-order valence-corrected chi connectivity index (χ0v) is 16.5. The third kappa shape index (κ3) is 4.68. The van der Waals surface area contributed by atoms with E-state index in [1.165, 1.54) is 0 Å². The molecular formula is C20H23N3O3S. The molecule has 3 rings (SSSR count). The van der Waals surface area contributed by atoms with Crippen molar-refractivity contribution < 1.29 is 14.3 Å². The zero-order chi connectivity index (χ0) is 19.2. The molecule has 0 spiro atoms. The van der Waals surface area contributed by atoms with Crippen LogP contribution in [0.3, 0.4) is 0 Å². The molecule has 142 valence electrons. The summed E-state index contributed by atoms with van der Waals surface area (Å²) < 4.78 is 11.7. The first kappa shape index (κ1) is 19.0. The molecule has 3 aromatic rings. The van der Waals surface area contributed by atoms with E-state index in [1.54, 1.807) is 37.5 Å². The second kappa shape index (κ2) is 8.73. The van der Waals surface area contributed by atoms with Crippen LogP contribution in [-0.2, 0) is 13.0 Å². The number of amides is 2. The number of rotatable bonds is 7. The SMILES string of the molecule is COc1ccc(CCNC(=O)N(C)Cc2nc3ccccc3s2)cc1OC. The summed E-state index contributed by atoms with van der Waals surface area (Å²) >= 11 is 1.61. The van der Waals surface area contributed by atoms with Crippen molar-refractivity contribution in [3.63, 3.8) is 0 Å². The maximum Gasteiger partial charge on any atom is 0.317 e. The van der Waals surface area contributed by atoms with Crippen molar-refractivity contribution in [3.8, 4) is 11.5 Å². The number of hydrogen-bond donors (Lipinski definition) is 1. The number of benzene rings is 2. The second-order valence-corrected chi connectivity index (χ2v) is 7.22. The third-order valence-corrected chi connectivity index (χ3v) is 5.22. The summed E-state index contributed by atoms with van der Waals surface area (Å²) in [6.45, 7) is 1.03. The fourth-order valence-corrected chi connectivity index (χ4v) is 3.77. The summed E-state index contributed by atoms with van der Waals surface area (Å²) in [5, 5.41) is 3.87. The molecule has 0 saturated heterocycles. The highest BCUT2D eigenvalue weighted by Crippen LogP contribution is 2.27. The molecule has 0 aliphatic carbocycles. The maximum absolute atomic E-state index is 12.3. The fourth-order valence-electron chi connectivity index (χ4n) is 2.75. The van der Waals surface area contributed by atoms with Gasteiger partial charge in [-0.1, -0.05) is 18.2 Å². The monoisotopic (exact) mass is 385 g/mol. The van der Waals surface area contributed by atoms with Gasteiger partial charge < -0.3 is 19.7 Å². The van der Waals surface area contributed by atoms with Gasteiger partial charge in [0.15, 0.2) is 11.5 Å². The smallest absolute Gasteiger partial charge is 0.317 e. The molecule has 1 heterocycles. The van der Waals surface area contributed by atoms with Crippen molar-refractivity contribution in [1.29, 1.82) is 0 Å². The van der Waals surface area contributed by atoms with E-state index in [-0.39, 0.29) is 6.03 Å². The van der Waals surface area contributed by atoms with Gasteiger partial charge in [-0.05, 0) is 36.2 Å². The van der Waals surface area contributed by atoms with E-state index < -0.39 is 0 Å². The van der Waals surface area contributed by atoms with Gasteiger partial charge in [-0.2, -0.15) is 0 Å². The van der Waals surface area contributed by atoms with Crippen LogP contribution >= 0.6 is 11.3 Å². The van der Waals surface area contributed by atoms with Crippen molar-refractivity contribution in [1.82, 2.24) is 15.2 Å². The number of methoxy groups -OCH3 is 2. The molecule has 1 aromatic heterocycles. The minimum Gasteiger partial charge on any atom is -0.493 e. The number of para-hydroxylation sites is 1. The Balaban J connectivity index is 1.51. The highest BCUT2D eigenvalue weighted by atomic mass is 32.1. The first-order valence-corrected chi connectivity index (χ1v) is 9.46. The largest absolute Gasteiger partial charge is 0.493 e. The molecule has 0 radical (unpaired) electrons. The molecular weight excluding hydrogens is 362 g/mol. The summed E-state index contributed by atoms with van der Waals surface area (Å²) in [5.41, 5.74) is 2.04. The minimum absolute atomic E-state index is 0.116. The average molecular weight is 385 g/mol. The van der Waals surface area contributed by atoms with Crippen molar-refractivity contribution in [2.75, 3.05) is 27.8 Å². The number of urea groups is 1. The number of aromatic nitrogens is 1. The third-order valence-electron chi connectivity index (χ3n) is 4.20. The van der Waals surface area contributed by atoms with E-state index in [4.69, 9.17) is 9.47 Å². The van der Waals surface area contributed by atoms with Crippen LogP contribution in [-0.4, -0.2) is 43.7 Å². The lowest BCUT2D eigenvalue weighted by Crippen LogP contribution is -2.37. The number of ether oxygens (including phenoxy) is 2. The summed E-state index contributed by atoms with van der Waals surface area (Å²) in [5.74, 6) is 1.38. The predicted octanol–water partition coefficient (Wildman–Crippen LogP) is 3.70. The van der Waals surface area contributed by atoms with Gasteiger partial charge in [-0.15, -0.1) is 11.3 Å². The second-order valence-electron chi connectivity index (χ2n) is 6.10. The Morgan fingerprint density at radius 2 is 1.93 bits per heavy atom. The van der Waals surface area contributed by atoms with Gasteiger partial charge in [0.25, 0.3) is 0 Å². The Hall–Kier alpha value is -2.80. The van der Waals surface area contributed by atoms with Gasteiger partial charge >= 0.3 is 6.03 Å². The number of thiazole rings is 1. The lowest BCUT2D eigenvalue weighted by Gasteiger charge is -2.16. The first-order valence-electron chi connectivity index (χ1n) is 8.65. The van der Waals surface area contributed by atoms with Crippen LogP contribution in [0.1, 0.15) is 10.6 Å². The maximum atomic E-state index is 12.3. The molecule has 0 unspecified atom stereocenters. The molecule has 7 heteroatoms. The number of nitrogens with one attached hydrogen (secondary N) is 1. The summed E-state index contributed by atoms with van der Waals surface area (Å²) in [4.78, 5) is 18.5. The Kier molecular flexibility index (Phi) is 6.13. The number of nitrogens with zero attached hydrogens (tertiary/aromatic N) is 2. The molecule has 2 aromatic carbocycles. The van der Waals surface area contributed by atoms with Crippen LogP contribution < -0.4 is 14.8 Å². The number of carbonyl (C=O) groups excluding carboxylic acids is 1. The number of hydrogen-bond acceptors (Lipinski definition) is 5. The highest BCUT2D eigenvalue weighted by molar-refractivity contribution is 7.18. The van der Waals surface area contributed by atoms with Crippen LogP contribution in [0, 0.1) is 0 Å². The van der Waals surface area contributed by atoms with Crippen LogP contribution in [0.15, 0.2) is 42.5 Å². The number of carbonyl (C=O) groups is 1. The van der Waals surface area contributed by atoms with E-state index in [1.807, 2.05) is 42.5 Å². The van der Waals surface area contributed by atoms with E-state index in [0.29, 0.717) is 31.0 Å². The number of fused-ring (bicyclic) bond motifs is 1. The molecule has 6 nitrogen and oxygen atoms in total. The van der Waals surface area contributed by atoms with Gasteiger partial charge in [0.1, 0.15) is 5.01 Å². The van der Waals surface area contributed by atoms with Crippen molar-refractivity contribution in [2.24, 2.45) is 0 Å². The van der Waals surface area contributed by atoms with Crippen molar-refractivity contribution >= 4 is 27.6 Å². The lowest BCUT2D eigenvalue weighted by molar-refractivity contribution is 0.207. The highest BCUT2D eigenvalue weighted by Gasteiger charge is 2.12. The minimum atomic E-state index is -0.116. The van der Waals surface area contributed by atoms with Crippen LogP contribution in [0.2, 0.25) is 0 Å². The molecule has 0 bridgehead atoms. The molecule has 1 N–H and O–H groups in total. The Morgan fingerprint density at radius 3 is 2.67 bits per heavy atom. The molecule has 27 heavy (non-hydrogen) atoms. The normalized spacial score (nSPS) is 10.6.